The van der Waals surface area contributed by atoms with E-state index in [4.69, 9.17) is 0 Å². The number of hydrogen-bond acceptors (Lipinski definition) is 0. The topological polar surface area (TPSA) is 0 Å². The van der Waals surface area contributed by atoms with Crippen molar-refractivity contribution in [3.63, 3.8) is 0 Å². The average molecular weight is 399 g/mol. The van der Waals surface area contributed by atoms with Gasteiger partial charge in [0.2, 0.25) is 0 Å². The van der Waals surface area contributed by atoms with Crippen molar-refractivity contribution in [2.75, 3.05) is 0 Å². The van der Waals surface area contributed by atoms with E-state index in [2.05, 4.69) is 91.9 Å². The van der Waals surface area contributed by atoms with Crippen LogP contribution >= 0.6 is 7.92 Å². The van der Waals surface area contributed by atoms with Crippen molar-refractivity contribution in [3.05, 3.63) is 96.1 Å². The SMILES string of the molecule is CC12CCCCC1CCc1ccccc1C2P(c1ccccc1)c1ccccc1. The lowest BCUT2D eigenvalue weighted by atomic mass is 9.64. The molecule has 3 aromatic carbocycles. The molecule has 3 aromatic rings. The summed E-state index contributed by atoms with van der Waals surface area (Å²) < 4.78 is 0. The van der Waals surface area contributed by atoms with Crippen molar-refractivity contribution in [2.45, 2.75) is 51.1 Å². The molecule has 148 valence electrons. The highest BCUT2D eigenvalue weighted by molar-refractivity contribution is 7.73. The maximum absolute atomic E-state index is 2.64. The quantitative estimate of drug-likeness (QED) is 0.417. The third-order valence-corrected chi connectivity index (χ3v) is 10.6. The molecule has 1 heteroatoms. The molecule has 0 saturated heterocycles. The molecule has 2 aliphatic carbocycles. The van der Waals surface area contributed by atoms with Crippen LogP contribution in [0.25, 0.3) is 0 Å². The van der Waals surface area contributed by atoms with Crippen LogP contribution in [0.2, 0.25) is 0 Å². The molecule has 1 saturated carbocycles. The van der Waals surface area contributed by atoms with Crippen LogP contribution in [0, 0.1) is 11.3 Å². The van der Waals surface area contributed by atoms with Gasteiger partial charge in [0.1, 0.15) is 0 Å². The van der Waals surface area contributed by atoms with Crippen molar-refractivity contribution in [2.24, 2.45) is 11.3 Å². The highest BCUT2D eigenvalue weighted by Gasteiger charge is 2.49. The van der Waals surface area contributed by atoms with Gasteiger partial charge in [0.15, 0.2) is 0 Å². The maximum atomic E-state index is 2.64. The number of benzene rings is 3. The van der Waals surface area contributed by atoms with Gasteiger partial charge in [0, 0.05) is 5.66 Å². The van der Waals surface area contributed by atoms with E-state index in [9.17, 15) is 0 Å². The number of fused-ring (bicyclic) bond motifs is 2. The Bertz CT molecular complexity index is 909. The van der Waals surface area contributed by atoms with E-state index in [-0.39, 0.29) is 0 Å². The summed E-state index contributed by atoms with van der Waals surface area (Å²) >= 11 is 0. The predicted octanol–water partition coefficient (Wildman–Crippen LogP) is 7.00. The minimum absolute atomic E-state index is 0.377. The number of hydrogen-bond donors (Lipinski definition) is 0. The smallest absolute Gasteiger partial charge is 0.0181 e. The van der Waals surface area contributed by atoms with Gasteiger partial charge in [-0.1, -0.05) is 105 Å². The minimum Gasteiger partial charge on any atom is -0.0622 e. The fourth-order valence-electron chi connectivity index (χ4n) is 6.04. The van der Waals surface area contributed by atoms with E-state index < -0.39 is 7.92 Å². The summed E-state index contributed by atoms with van der Waals surface area (Å²) in [6, 6.07) is 32.2. The standard InChI is InChI=1S/C28H31P/c1-28-21-11-10-13-23(28)20-19-22-12-8-9-18-26(22)27(28)29(24-14-4-2-5-15-24)25-16-6-3-7-17-25/h2-9,12,14-18,23,27H,10-11,13,19-21H2,1H3. The van der Waals surface area contributed by atoms with E-state index in [1.165, 1.54) is 49.1 Å². The first-order chi connectivity index (χ1) is 14.3. The number of rotatable bonds is 3. The molecule has 2 aliphatic rings. The fraction of sp³-hybridized carbons (Fsp3) is 0.357. The lowest BCUT2D eigenvalue weighted by Gasteiger charge is -2.49. The Balaban J connectivity index is 1.75. The first-order valence-corrected chi connectivity index (χ1v) is 12.7. The van der Waals surface area contributed by atoms with Crippen molar-refractivity contribution >= 4 is 18.5 Å². The Labute approximate surface area is 177 Å². The van der Waals surface area contributed by atoms with Crippen LogP contribution < -0.4 is 10.6 Å². The molecule has 0 aliphatic heterocycles. The fourth-order valence-corrected chi connectivity index (χ4v) is 9.38. The second kappa shape index (κ2) is 8.08. The van der Waals surface area contributed by atoms with Crippen LogP contribution in [0.5, 0.6) is 0 Å². The highest BCUT2D eigenvalue weighted by atomic mass is 31.1. The highest BCUT2D eigenvalue weighted by Crippen LogP contribution is 2.66. The monoisotopic (exact) mass is 398 g/mol. The van der Waals surface area contributed by atoms with Crippen LogP contribution in [0.3, 0.4) is 0 Å². The third kappa shape index (κ3) is 3.47. The summed E-state index contributed by atoms with van der Waals surface area (Å²) in [6.07, 6.45) is 8.19. The normalized spacial score (nSPS) is 26.4. The van der Waals surface area contributed by atoms with E-state index in [0.29, 0.717) is 11.1 Å². The molecule has 3 atom stereocenters. The van der Waals surface area contributed by atoms with Gasteiger partial charge in [0.25, 0.3) is 0 Å². The lowest BCUT2D eigenvalue weighted by molar-refractivity contribution is 0.108. The van der Waals surface area contributed by atoms with Crippen molar-refractivity contribution < 1.29 is 0 Å². The Morgan fingerprint density at radius 3 is 2.03 bits per heavy atom. The Morgan fingerprint density at radius 2 is 1.34 bits per heavy atom. The molecule has 3 unspecified atom stereocenters. The summed E-state index contributed by atoms with van der Waals surface area (Å²) in [4.78, 5) is 0. The zero-order valence-corrected chi connectivity index (χ0v) is 18.3. The van der Waals surface area contributed by atoms with Crippen molar-refractivity contribution in [1.82, 2.24) is 0 Å². The van der Waals surface area contributed by atoms with Crippen LogP contribution in [0.4, 0.5) is 0 Å². The maximum Gasteiger partial charge on any atom is 0.0181 e. The molecule has 0 N–H and O–H groups in total. The van der Waals surface area contributed by atoms with Gasteiger partial charge in [-0.3, -0.25) is 0 Å². The van der Waals surface area contributed by atoms with Crippen LogP contribution in [0.1, 0.15) is 55.8 Å². The Morgan fingerprint density at radius 1 is 0.724 bits per heavy atom. The zero-order valence-electron chi connectivity index (χ0n) is 17.4. The molecule has 0 radical (unpaired) electrons. The predicted molar refractivity (Wildman–Crippen MR) is 127 cm³/mol. The summed E-state index contributed by atoms with van der Waals surface area (Å²) in [6.45, 7) is 2.64. The average Bonchev–Trinajstić information content (AvgIpc) is 2.90. The summed E-state index contributed by atoms with van der Waals surface area (Å²) in [5, 5.41) is 3.06. The second-order valence-electron chi connectivity index (χ2n) is 9.13. The molecule has 0 aromatic heterocycles. The van der Waals surface area contributed by atoms with Gasteiger partial charge < -0.3 is 0 Å². The molecule has 0 heterocycles. The van der Waals surface area contributed by atoms with Crippen LogP contribution in [-0.2, 0) is 6.42 Å². The third-order valence-electron chi connectivity index (χ3n) is 7.51. The van der Waals surface area contributed by atoms with E-state index >= 15 is 0 Å². The van der Waals surface area contributed by atoms with E-state index in [1.54, 1.807) is 11.1 Å². The summed E-state index contributed by atoms with van der Waals surface area (Å²) in [5.74, 6) is 0.839. The number of aryl methyl sites for hydroxylation is 1. The first kappa shape index (κ1) is 19.1. The van der Waals surface area contributed by atoms with Gasteiger partial charge in [0.05, 0.1) is 0 Å². The summed E-state index contributed by atoms with van der Waals surface area (Å²) in [5.41, 5.74) is 4.21. The Hall–Kier alpha value is -1.91. The van der Waals surface area contributed by atoms with E-state index in [1.807, 2.05) is 0 Å². The van der Waals surface area contributed by atoms with E-state index in [0.717, 1.165) is 5.92 Å². The zero-order chi connectivity index (χ0) is 19.7. The van der Waals surface area contributed by atoms with Crippen LogP contribution in [0.15, 0.2) is 84.9 Å². The van der Waals surface area contributed by atoms with Crippen molar-refractivity contribution in [3.8, 4) is 0 Å². The van der Waals surface area contributed by atoms with Gasteiger partial charge in [-0.05, 0) is 66.7 Å². The van der Waals surface area contributed by atoms with Gasteiger partial charge in [-0.25, -0.2) is 0 Å². The molecular weight excluding hydrogens is 367 g/mol. The van der Waals surface area contributed by atoms with Gasteiger partial charge in [-0.2, -0.15) is 0 Å². The lowest BCUT2D eigenvalue weighted by Crippen LogP contribution is -2.38. The molecule has 1 fully saturated rings. The van der Waals surface area contributed by atoms with Crippen molar-refractivity contribution in [1.29, 1.82) is 0 Å². The molecule has 29 heavy (non-hydrogen) atoms. The molecule has 0 bridgehead atoms. The molecule has 0 spiro atoms. The Kier molecular flexibility index (Phi) is 5.31. The molecule has 5 rings (SSSR count). The minimum atomic E-state index is -0.465. The summed E-state index contributed by atoms with van der Waals surface area (Å²) in [7, 11) is -0.465. The van der Waals surface area contributed by atoms with Gasteiger partial charge >= 0.3 is 0 Å². The molecular formula is C28H31P. The molecule has 0 nitrogen and oxygen atoms in total. The first-order valence-electron chi connectivity index (χ1n) is 11.2. The largest absolute Gasteiger partial charge is 0.0622 e. The van der Waals surface area contributed by atoms with Crippen LogP contribution in [-0.4, -0.2) is 0 Å². The molecule has 0 amide bonds. The second-order valence-corrected chi connectivity index (χ2v) is 11.4. The van der Waals surface area contributed by atoms with Gasteiger partial charge in [-0.15, -0.1) is 0 Å².